The van der Waals surface area contributed by atoms with Gasteiger partial charge in [-0.3, -0.25) is 9.69 Å². The van der Waals surface area contributed by atoms with Crippen molar-refractivity contribution in [1.82, 2.24) is 9.80 Å². The summed E-state index contributed by atoms with van der Waals surface area (Å²) in [5.41, 5.74) is 2.79. The predicted octanol–water partition coefficient (Wildman–Crippen LogP) is 6.13. The molecule has 2 saturated heterocycles. The summed E-state index contributed by atoms with van der Waals surface area (Å²) in [6.07, 6.45) is 5.91. The summed E-state index contributed by atoms with van der Waals surface area (Å²) >= 11 is 1.53. The van der Waals surface area contributed by atoms with Crippen molar-refractivity contribution in [3.63, 3.8) is 0 Å². The zero-order valence-corrected chi connectivity index (χ0v) is 21.3. The summed E-state index contributed by atoms with van der Waals surface area (Å²) in [5.74, 6) is 2.30. The largest absolute Gasteiger partial charge is 0.493 e. The molecule has 2 aliphatic rings. The van der Waals surface area contributed by atoms with Gasteiger partial charge in [-0.05, 0) is 85.8 Å². The Hall–Kier alpha value is -2.63. The van der Waals surface area contributed by atoms with Crippen LogP contribution >= 0.6 is 11.3 Å². The van der Waals surface area contributed by atoms with E-state index >= 15 is 0 Å². The first-order chi connectivity index (χ1) is 17.2. The molecule has 0 bridgehead atoms. The van der Waals surface area contributed by atoms with E-state index in [1.807, 2.05) is 22.4 Å². The highest BCUT2D eigenvalue weighted by Gasteiger charge is 2.25. The van der Waals surface area contributed by atoms with E-state index in [0.717, 1.165) is 49.0 Å². The molecule has 0 saturated carbocycles. The summed E-state index contributed by atoms with van der Waals surface area (Å²) in [6.45, 7) is 5.63. The number of piperidine rings is 2. The molecule has 35 heavy (non-hydrogen) atoms. The van der Waals surface area contributed by atoms with Crippen LogP contribution in [0.15, 0.2) is 72.1 Å². The van der Waals surface area contributed by atoms with Gasteiger partial charge in [-0.25, -0.2) is 0 Å². The third-order valence-electron chi connectivity index (χ3n) is 7.40. The number of hydrogen-bond donors (Lipinski definition) is 0. The van der Waals surface area contributed by atoms with E-state index in [4.69, 9.17) is 4.74 Å². The van der Waals surface area contributed by atoms with E-state index in [2.05, 4.69) is 59.5 Å². The molecular formula is C30H36N2O2S. The number of likely N-dealkylation sites (tertiary alicyclic amines) is 2. The topological polar surface area (TPSA) is 32.8 Å². The lowest BCUT2D eigenvalue weighted by Crippen LogP contribution is -2.41. The highest BCUT2D eigenvalue weighted by atomic mass is 32.1. The van der Waals surface area contributed by atoms with Crippen LogP contribution in [0.2, 0.25) is 0 Å². The van der Waals surface area contributed by atoms with Gasteiger partial charge in [0.05, 0.1) is 11.5 Å². The Morgan fingerprint density at radius 1 is 0.886 bits per heavy atom. The van der Waals surface area contributed by atoms with Crippen LogP contribution in [0.3, 0.4) is 0 Å². The van der Waals surface area contributed by atoms with Gasteiger partial charge in [0.1, 0.15) is 5.75 Å². The van der Waals surface area contributed by atoms with Crippen molar-refractivity contribution in [2.75, 3.05) is 32.8 Å². The Bertz CT molecular complexity index is 1060. The lowest BCUT2D eigenvalue weighted by molar-refractivity contribution is 0.0638. The zero-order chi connectivity index (χ0) is 23.9. The van der Waals surface area contributed by atoms with Crippen molar-refractivity contribution in [3.8, 4) is 5.75 Å². The molecule has 5 rings (SSSR count). The van der Waals surface area contributed by atoms with E-state index in [-0.39, 0.29) is 5.91 Å². The van der Waals surface area contributed by atoms with Gasteiger partial charge in [-0.15, -0.1) is 11.3 Å². The fraction of sp³-hybridized carbons (Fsp3) is 0.433. The first-order valence-corrected chi connectivity index (χ1v) is 13.9. The Kier molecular flexibility index (Phi) is 8.17. The molecule has 0 radical (unpaired) electrons. The van der Waals surface area contributed by atoms with Gasteiger partial charge in [-0.1, -0.05) is 48.5 Å². The van der Waals surface area contributed by atoms with Gasteiger partial charge >= 0.3 is 0 Å². The van der Waals surface area contributed by atoms with Crippen LogP contribution in [-0.2, 0) is 13.0 Å². The fourth-order valence-electron chi connectivity index (χ4n) is 5.44. The number of hydrogen-bond acceptors (Lipinski definition) is 4. The fourth-order valence-corrected chi connectivity index (χ4v) is 6.13. The molecule has 2 aliphatic heterocycles. The van der Waals surface area contributed by atoms with E-state index in [0.29, 0.717) is 12.5 Å². The third-order valence-corrected chi connectivity index (χ3v) is 8.26. The SMILES string of the molecule is O=C(c1cccs1)N1CCC[C@H](COc2cccc(CN3CCC(Cc4ccccc4)CC3)c2)C1. The van der Waals surface area contributed by atoms with Crippen molar-refractivity contribution in [1.29, 1.82) is 0 Å². The predicted molar refractivity (Wildman–Crippen MR) is 143 cm³/mol. The average Bonchev–Trinajstić information content (AvgIpc) is 3.44. The van der Waals surface area contributed by atoms with Crippen LogP contribution in [-0.4, -0.2) is 48.5 Å². The highest BCUT2D eigenvalue weighted by molar-refractivity contribution is 7.12. The van der Waals surface area contributed by atoms with Crippen molar-refractivity contribution in [2.24, 2.45) is 11.8 Å². The first kappa shape index (κ1) is 24.1. The molecule has 5 heteroatoms. The van der Waals surface area contributed by atoms with Crippen LogP contribution in [0.4, 0.5) is 0 Å². The molecule has 1 amide bonds. The lowest BCUT2D eigenvalue weighted by atomic mass is 9.90. The number of ether oxygens (including phenoxy) is 1. The number of rotatable bonds is 8. The number of carbonyl (C=O) groups excluding carboxylic acids is 1. The minimum Gasteiger partial charge on any atom is -0.493 e. The summed E-state index contributed by atoms with van der Waals surface area (Å²) < 4.78 is 6.22. The maximum absolute atomic E-state index is 12.7. The van der Waals surface area contributed by atoms with Gasteiger partial charge in [0, 0.05) is 25.6 Å². The van der Waals surface area contributed by atoms with E-state index in [1.54, 1.807) is 0 Å². The molecule has 4 nitrogen and oxygen atoms in total. The lowest BCUT2D eigenvalue weighted by Gasteiger charge is -2.32. The van der Waals surface area contributed by atoms with Crippen LogP contribution in [0.25, 0.3) is 0 Å². The van der Waals surface area contributed by atoms with Gasteiger partial charge in [0.25, 0.3) is 5.91 Å². The quantitative estimate of drug-likeness (QED) is 0.382. The second-order valence-corrected chi connectivity index (χ2v) is 11.1. The smallest absolute Gasteiger partial charge is 0.263 e. The maximum atomic E-state index is 12.7. The molecule has 2 fully saturated rings. The van der Waals surface area contributed by atoms with Gasteiger partial charge in [-0.2, -0.15) is 0 Å². The molecule has 0 aliphatic carbocycles. The van der Waals surface area contributed by atoms with E-state index in [9.17, 15) is 4.79 Å². The summed E-state index contributed by atoms with van der Waals surface area (Å²) in [5, 5.41) is 1.97. The van der Waals surface area contributed by atoms with E-state index in [1.165, 1.54) is 54.8 Å². The van der Waals surface area contributed by atoms with Crippen LogP contribution in [0.1, 0.15) is 46.5 Å². The van der Waals surface area contributed by atoms with Crippen molar-refractivity contribution in [2.45, 2.75) is 38.6 Å². The first-order valence-electron chi connectivity index (χ1n) is 13.0. The molecule has 3 heterocycles. The normalized spacial score (nSPS) is 19.5. The molecule has 0 N–H and O–H groups in total. The Morgan fingerprint density at radius 2 is 1.71 bits per heavy atom. The van der Waals surface area contributed by atoms with Crippen molar-refractivity contribution < 1.29 is 9.53 Å². The molecule has 0 spiro atoms. The van der Waals surface area contributed by atoms with Crippen molar-refractivity contribution in [3.05, 3.63) is 88.1 Å². The molecular weight excluding hydrogens is 452 g/mol. The number of benzene rings is 2. The standard InChI is InChI=1S/C30H36N2O2S/c33-30(29-12-6-18-35-29)32-15-5-10-27(22-32)23-34-28-11-4-9-26(20-28)21-31-16-13-25(14-17-31)19-24-7-2-1-3-8-24/h1-4,6-9,11-12,18,20,25,27H,5,10,13-17,19,21-23H2/t27-/m0/s1. The molecule has 1 atom stereocenters. The highest BCUT2D eigenvalue weighted by Crippen LogP contribution is 2.25. The maximum Gasteiger partial charge on any atom is 0.263 e. The number of carbonyl (C=O) groups is 1. The van der Waals surface area contributed by atoms with Gasteiger partial charge in [0.15, 0.2) is 0 Å². The zero-order valence-electron chi connectivity index (χ0n) is 20.5. The summed E-state index contributed by atoms with van der Waals surface area (Å²) in [6, 6.07) is 23.4. The van der Waals surface area contributed by atoms with Crippen LogP contribution in [0.5, 0.6) is 5.75 Å². The molecule has 1 aromatic heterocycles. The van der Waals surface area contributed by atoms with Gasteiger partial charge < -0.3 is 9.64 Å². The van der Waals surface area contributed by atoms with Crippen LogP contribution < -0.4 is 4.74 Å². The third kappa shape index (κ3) is 6.74. The Morgan fingerprint density at radius 3 is 2.51 bits per heavy atom. The number of nitrogens with zero attached hydrogens (tertiary/aromatic N) is 2. The second kappa shape index (κ2) is 11.9. The summed E-state index contributed by atoms with van der Waals surface area (Å²) in [4.78, 5) is 18.1. The second-order valence-electron chi connectivity index (χ2n) is 10.1. The minimum absolute atomic E-state index is 0.166. The number of amides is 1. The van der Waals surface area contributed by atoms with E-state index < -0.39 is 0 Å². The monoisotopic (exact) mass is 488 g/mol. The van der Waals surface area contributed by atoms with Crippen molar-refractivity contribution >= 4 is 17.2 Å². The van der Waals surface area contributed by atoms with Gasteiger partial charge in [0.2, 0.25) is 0 Å². The molecule has 3 aromatic rings. The minimum atomic E-state index is 0.166. The molecule has 0 unspecified atom stereocenters. The molecule has 2 aromatic carbocycles. The van der Waals surface area contributed by atoms with Crippen LogP contribution in [0, 0.1) is 11.8 Å². The average molecular weight is 489 g/mol. The Labute approximate surface area is 213 Å². The molecule has 184 valence electrons. The summed E-state index contributed by atoms with van der Waals surface area (Å²) in [7, 11) is 0. The Balaban J connectivity index is 1.07. The number of thiophene rings is 1.